The second-order valence-electron chi connectivity index (χ2n) is 7.14. The molecule has 2 fully saturated rings. The number of nitrogen functional groups attached to an aromatic ring is 1. The number of rotatable bonds is 5. The van der Waals surface area contributed by atoms with E-state index < -0.39 is 31.7 Å². The molecule has 10 nitrogen and oxygen atoms in total. The number of imidazole rings is 1. The Balaban J connectivity index is 1.49. The highest BCUT2D eigenvalue weighted by atomic mass is 19.1. The summed E-state index contributed by atoms with van der Waals surface area (Å²) in [5, 5.41) is 9.82. The van der Waals surface area contributed by atoms with Crippen LogP contribution in [0.4, 0.5) is 10.2 Å². The average Bonchev–Trinajstić information content (AvgIpc) is 3.42. The van der Waals surface area contributed by atoms with Crippen LogP contribution < -0.4 is 11.2 Å². The van der Waals surface area contributed by atoms with Gasteiger partial charge >= 0.3 is 7.12 Å². The van der Waals surface area contributed by atoms with Gasteiger partial charge in [0.05, 0.1) is 19.5 Å². The number of halogens is 1. The van der Waals surface area contributed by atoms with Crippen LogP contribution >= 0.6 is 0 Å². The number of aliphatic hydroxyl groups excluding tert-OH is 1. The maximum Gasteiger partial charge on any atom is 0.495 e. The summed E-state index contributed by atoms with van der Waals surface area (Å²) in [6, 6.07) is 4.34. The van der Waals surface area contributed by atoms with E-state index in [1.54, 1.807) is 17.0 Å². The van der Waals surface area contributed by atoms with E-state index in [9.17, 15) is 9.50 Å². The minimum absolute atomic E-state index is 0.206. The molecule has 3 N–H and O–H groups in total. The van der Waals surface area contributed by atoms with Crippen LogP contribution in [0.5, 0.6) is 0 Å². The molecule has 4 heterocycles. The zero-order chi connectivity index (χ0) is 20.8. The van der Waals surface area contributed by atoms with Crippen molar-refractivity contribution in [2.45, 2.75) is 31.1 Å². The molecule has 2 saturated heterocycles. The first kappa shape index (κ1) is 19.3. The molecule has 3 aromatic rings. The number of hydrogen-bond acceptors (Lipinski definition) is 9. The number of nitrogens with zero attached hydrogens (tertiary/aromatic N) is 4. The highest BCUT2D eigenvalue weighted by Gasteiger charge is 2.55. The average molecular weight is 415 g/mol. The van der Waals surface area contributed by atoms with E-state index in [0.29, 0.717) is 22.2 Å². The van der Waals surface area contributed by atoms with Gasteiger partial charge in [0.15, 0.2) is 17.7 Å². The lowest BCUT2D eigenvalue weighted by atomic mass is 9.76. The Labute approximate surface area is 170 Å². The molecule has 1 unspecified atom stereocenters. The number of ether oxygens (including phenoxy) is 2. The van der Waals surface area contributed by atoms with Gasteiger partial charge in [0, 0.05) is 7.11 Å². The fourth-order valence-corrected chi connectivity index (χ4v) is 3.99. The summed E-state index contributed by atoms with van der Waals surface area (Å²) in [5.41, 5.74) is 8.09. The Morgan fingerprint density at radius 1 is 1.27 bits per heavy atom. The quantitative estimate of drug-likeness (QED) is 0.543. The molecule has 0 radical (unpaired) electrons. The zero-order valence-electron chi connectivity index (χ0n) is 16.0. The molecule has 5 rings (SSSR count). The van der Waals surface area contributed by atoms with Crippen LogP contribution in [0.1, 0.15) is 11.8 Å². The fraction of sp³-hybridized carbons (Fsp3) is 0.389. The summed E-state index contributed by atoms with van der Waals surface area (Å²) in [7, 11) is 0.768. The predicted octanol–water partition coefficient (Wildman–Crippen LogP) is -0.237. The molecule has 2 aliphatic heterocycles. The van der Waals surface area contributed by atoms with Gasteiger partial charge in [-0.1, -0.05) is 6.07 Å². The zero-order valence-corrected chi connectivity index (χ0v) is 16.0. The largest absolute Gasteiger partial charge is 0.495 e. The van der Waals surface area contributed by atoms with Gasteiger partial charge in [-0.3, -0.25) is 4.57 Å². The summed E-state index contributed by atoms with van der Waals surface area (Å²) in [6.45, 7) is -0.0524. The topological polar surface area (TPSA) is 127 Å². The summed E-state index contributed by atoms with van der Waals surface area (Å²) in [5.74, 6) is -0.121. The number of anilines is 1. The number of hydrogen-bond donors (Lipinski definition) is 2. The molecule has 2 aromatic heterocycles. The van der Waals surface area contributed by atoms with Crippen LogP contribution in [0, 0.1) is 5.82 Å². The van der Waals surface area contributed by atoms with Gasteiger partial charge in [0.25, 0.3) is 0 Å². The highest BCUT2D eigenvalue weighted by molar-refractivity contribution is 6.62. The molecule has 0 aliphatic carbocycles. The molecule has 0 spiro atoms. The Kier molecular flexibility index (Phi) is 4.87. The minimum Gasteiger partial charge on any atom is -0.399 e. The number of fused-ring (bicyclic) bond motifs is 2. The fourth-order valence-electron chi connectivity index (χ4n) is 3.99. The number of nitrogens with two attached hydrogens (primary N) is 1. The van der Waals surface area contributed by atoms with Gasteiger partial charge in [-0.05, 0) is 23.2 Å². The number of aliphatic hydroxyl groups is 1. The lowest BCUT2D eigenvalue weighted by Gasteiger charge is -2.20. The van der Waals surface area contributed by atoms with E-state index >= 15 is 0 Å². The SMILES string of the molecule is COCc1cc(F)ccc1B1OC2[C@@H](CO)O[C@@H](n3cnc4c(N)ncnc43)[C@H]2O1. The van der Waals surface area contributed by atoms with Crippen molar-refractivity contribution in [2.75, 3.05) is 19.5 Å². The van der Waals surface area contributed by atoms with E-state index in [2.05, 4.69) is 15.0 Å². The van der Waals surface area contributed by atoms with Gasteiger partial charge in [-0.25, -0.2) is 19.3 Å². The summed E-state index contributed by atoms with van der Waals surface area (Å²) >= 11 is 0. The van der Waals surface area contributed by atoms with Crippen LogP contribution in [0.3, 0.4) is 0 Å². The molecule has 0 bridgehead atoms. The van der Waals surface area contributed by atoms with Crippen LogP contribution in [-0.2, 0) is 25.4 Å². The molecule has 156 valence electrons. The molecular formula is C18H19BFN5O5. The van der Waals surface area contributed by atoms with Gasteiger partial charge in [-0.15, -0.1) is 0 Å². The van der Waals surface area contributed by atoms with E-state index in [1.165, 1.54) is 25.6 Å². The lowest BCUT2D eigenvalue weighted by molar-refractivity contribution is -0.0570. The van der Waals surface area contributed by atoms with Crippen LogP contribution in [0.25, 0.3) is 11.2 Å². The Bertz CT molecular complexity index is 1080. The van der Waals surface area contributed by atoms with Crippen LogP contribution in [0.2, 0.25) is 0 Å². The van der Waals surface area contributed by atoms with E-state index in [4.69, 9.17) is 24.5 Å². The third kappa shape index (κ3) is 3.04. The normalized spacial score (nSPS) is 25.9. The van der Waals surface area contributed by atoms with E-state index in [0.717, 1.165) is 0 Å². The number of aromatic nitrogens is 4. The van der Waals surface area contributed by atoms with Crippen molar-refractivity contribution < 1.29 is 28.3 Å². The molecule has 2 aliphatic rings. The number of benzene rings is 1. The Morgan fingerprint density at radius 3 is 2.90 bits per heavy atom. The smallest absolute Gasteiger partial charge is 0.399 e. The predicted molar refractivity (Wildman–Crippen MR) is 103 cm³/mol. The van der Waals surface area contributed by atoms with Crippen molar-refractivity contribution in [3.05, 3.63) is 42.2 Å². The van der Waals surface area contributed by atoms with Gasteiger partial charge in [-0.2, -0.15) is 0 Å². The second-order valence-corrected chi connectivity index (χ2v) is 7.14. The minimum atomic E-state index is -0.763. The molecule has 0 amide bonds. The summed E-state index contributed by atoms with van der Waals surface area (Å²) < 4.78 is 38.8. The van der Waals surface area contributed by atoms with Crippen LogP contribution in [0.15, 0.2) is 30.9 Å². The van der Waals surface area contributed by atoms with Crippen molar-refractivity contribution in [1.82, 2.24) is 19.5 Å². The summed E-state index contributed by atoms with van der Waals surface area (Å²) in [6.07, 6.45) is 0.525. The first-order valence-corrected chi connectivity index (χ1v) is 9.38. The van der Waals surface area contributed by atoms with Gasteiger partial charge in [0.1, 0.15) is 36.0 Å². The van der Waals surface area contributed by atoms with Crippen LogP contribution in [-0.4, -0.2) is 63.8 Å². The third-order valence-corrected chi connectivity index (χ3v) is 5.35. The molecule has 30 heavy (non-hydrogen) atoms. The monoisotopic (exact) mass is 415 g/mol. The van der Waals surface area contributed by atoms with E-state index in [-0.39, 0.29) is 24.8 Å². The van der Waals surface area contributed by atoms with Crippen molar-refractivity contribution in [3.8, 4) is 0 Å². The molecule has 4 atom stereocenters. The van der Waals surface area contributed by atoms with Crippen molar-refractivity contribution >= 4 is 29.6 Å². The first-order chi connectivity index (χ1) is 14.6. The Hall–Kier alpha value is -2.64. The standard InChI is InChI=1S/C18H19BFN5O5/c1-27-6-9-4-10(20)2-3-11(9)19-29-14-12(5-26)28-18(15(14)30-19)25-8-24-13-16(21)22-7-23-17(13)25/h2-4,7-8,12,14-15,18,26H,5-6H2,1H3,(H2,21,22,23)/t12-,14?,15+,18-/m1/s1. The van der Waals surface area contributed by atoms with Crippen molar-refractivity contribution in [2.24, 2.45) is 0 Å². The number of methoxy groups -OCH3 is 1. The van der Waals surface area contributed by atoms with Crippen molar-refractivity contribution in [3.63, 3.8) is 0 Å². The highest BCUT2D eigenvalue weighted by Crippen LogP contribution is 2.39. The van der Waals surface area contributed by atoms with Gasteiger partial charge in [0.2, 0.25) is 0 Å². The molecule has 0 saturated carbocycles. The maximum atomic E-state index is 13.7. The second kappa shape index (κ2) is 7.56. The molecule has 12 heteroatoms. The lowest BCUT2D eigenvalue weighted by Crippen LogP contribution is -2.38. The third-order valence-electron chi connectivity index (χ3n) is 5.35. The molecular weight excluding hydrogens is 396 g/mol. The Morgan fingerprint density at radius 2 is 2.10 bits per heavy atom. The van der Waals surface area contributed by atoms with Crippen molar-refractivity contribution in [1.29, 1.82) is 0 Å². The first-order valence-electron chi connectivity index (χ1n) is 9.38. The van der Waals surface area contributed by atoms with Gasteiger partial charge < -0.3 is 29.6 Å². The molecule has 1 aromatic carbocycles. The maximum absolute atomic E-state index is 13.7. The summed E-state index contributed by atoms with van der Waals surface area (Å²) in [4.78, 5) is 12.5. The van der Waals surface area contributed by atoms with E-state index in [1.807, 2.05) is 0 Å².